The van der Waals surface area contributed by atoms with Crippen LogP contribution in [0.3, 0.4) is 0 Å². The quantitative estimate of drug-likeness (QED) is 0.314. The fourth-order valence-corrected chi connectivity index (χ4v) is 3.07. The van der Waals surface area contributed by atoms with Crippen LogP contribution in [0.15, 0.2) is 60.7 Å². The van der Waals surface area contributed by atoms with Crippen molar-refractivity contribution in [3.63, 3.8) is 0 Å². The minimum atomic E-state index is -5.00. The maximum Gasteiger partial charge on any atom is 0.418 e. The van der Waals surface area contributed by atoms with E-state index in [4.69, 9.17) is 11.6 Å². The Morgan fingerprint density at radius 1 is 0.743 bits per heavy atom. The van der Waals surface area contributed by atoms with Crippen molar-refractivity contribution >= 4 is 40.6 Å². The molecule has 0 bridgehead atoms. The monoisotopic (exact) mass is 519 g/mol. The molecule has 0 aliphatic rings. The number of hydrogen-bond donors (Lipinski definition) is 3. The van der Waals surface area contributed by atoms with Crippen LogP contribution in [0.4, 0.5) is 52.6 Å². The number of nitrogens with one attached hydrogen (secondary N) is 3. The molecule has 0 atom stereocenters. The smallest absolute Gasteiger partial charge is 0.321 e. The van der Waals surface area contributed by atoms with Gasteiger partial charge in [-0.1, -0.05) is 17.7 Å². The van der Waals surface area contributed by atoms with Crippen LogP contribution in [-0.4, -0.2) is 11.9 Å². The van der Waals surface area contributed by atoms with Gasteiger partial charge in [-0.2, -0.15) is 26.3 Å². The Bertz CT molecular complexity index is 1280. The SMILES string of the molecule is O=C(Nc1cccc(C(F)(F)F)c1)Nc1ccc(NC(=O)c2cc(Cl)ccc2F)c(C(F)(F)F)c1. The van der Waals surface area contributed by atoms with Crippen LogP contribution in [0.5, 0.6) is 0 Å². The highest BCUT2D eigenvalue weighted by Gasteiger charge is 2.35. The van der Waals surface area contributed by atoms with Gasteiger partial charge < -0.3 is 16.0 Å². The van der Waals surface area contributed by atoms with Crippen LogP contribution >= 0.6 is 11.6 Å². The van der Waals surface area contributed by atoms with E-state index in [1.807, 2.05) is 5.32 Å². The Morgan fingerprint density at radius 3 is 2.03 bits per heavy atom. The average Bonchev–Trinajstić information content (AvgIpc) is 2.75. The molecular formula is C22H13ClF7N3O2. The van der Waals surface area contributed by atoms with Crippen LogP contribution in [0.25, 0.3) is 0 Å². The number of halogens is 8. The molecule has 3 aromatic rings. The lowest BCUT2D eigenvalue weighted by Gasteiger charge is -2.16. The van der Waals surface area contributed by atoms with E-state index >= 15 is 0 Å². The Kier molecular flexibility index (Phi) is 7.25. The molecule has 0 aromatic heterocycles. The van der Waals surface area contributed by atoms with Crippen molar-refractivity contribution in [2.24, 2.45) is 0 Å². The first-order valence-electron chi connectivity index (χ1n) is 9.47. The Balaban J connectivity index is 1.80. The zero-order valence-corrected chi connectivity index (χ0v) is 17.9. The van der Waals surface area contributed by atoms with Gasteiger partial charge in [-0.3, -0.25) is 4.79 Å². The summed E-state index contributed by atoms with van der Waals surface area (Å²) >= 11 is 5.70. The number of urea groups is 1. The van der Waals surface area contributed by atoms with E-state index in [0.29, 0.717) is 12.1 Å². The number of anilines is 3. The van der Waals surface area contributed by atoms with E-state index in [0.717, 1.165) is 48.5 Å². The summed E-state index contributed by atoms with van der Waals surface area (Å²) in [7, 11) is 0. The third-order valence-electron chi connectivity index (χ3n) is 4.45. The molecule has 3 N–H and O–H groups in total. The molecule has 3 amide bonds. The molecule has 3 rings (SSSR count). The lowest BCUT2D eigenvalue weighted by molar-refractivity contribution is -0.138. The summed E-state index contributed by atoms with van der Waals surface area (Å²) in [6.07, 6.45) is -9.66. The molecule has 0 aliphatic carbocycles. The molecular weight excluding hydrogens is 507 g/mol. The minimum absolute atomic E-state index is 0.0149. The van der Waals surface area contributed by atoms with Gasteiger partial charge in [0.15, 0.2) is 0 Å². The van der Waals surface area contributed by atoms with E-state index < -0.39 is 52.5 Å². The Hall–Kier alpha value is -3.80. The molecule has 13 heteroatoms. The highest BCUT2D eigenvalue weighted by Crippen LogP contribution is 2.37. The fourth-order valence-electron chi connectivity index (χ4n) is 2.89. The Labute approximate surface area is 197 Å². The largest absolute Gasteiger partial charge is 0.418 e. The van der Waals surface area contributed by atoms with E-state index in [-0.39, 0.29) is 16.4 Å². The van der Waals surface area contributed by atoms with Crippen molar-refractivity contribution in [2.75, 3.05) is 16.0 Å². The standard InChI is InChI=1S/C22H13ClF7N3O2/c23-12-4-6-17(24)15(9-12)19(34)33-18-7-5-14(10-16(18)22(28,29)30)32-20(35)31-13-3-1-2-11(8-13)21(25,26)27/h1-10H,(H,33,34)(H2,31,32,35). The number of benzene rings is 3. The second kappa shape index (κ2) is 9.82. The van der Waals surface area contributed by atoms with E-state index in [1.54, 1.807) is 0 Å². The summed E-state index contributed by atoms with van der Waals surface area (Å²) < 4.78 is 93.0. The molecule has 0 aliphatic heterocycles. The molecule has 0 unspecified atom stereocenters. The first-order valence-corrected chi connectivity index (χ1v) is 9.85. The summed E-state index contributed by atoms with van der Waals surface area (Å²) in [6.45, 7) is 0. The summed E-state index contributed by atoms with van der Waals surface area (Å²) in [6, 6.07) is 7.80. The predicted molar refractivity (Wildman–Crippen MR) is 115 cm³/mol. The van der Waals surface area contributed by atoms with Crippen LogP contribution < -0.4 is 16.0 Å². The maximum atomic E-state index is 13.9. The highest BCUT2D eigenvalue weighted by atomic mass is 35.5. The topological polar surface area (TPSA) is 70.2 Å². The number of rotatable bonds is 4. The summed E-state index contributed by atoms with van der Waals surface area (Å²) in [5.74, 6) is -2.21. The summed E-state index contributed by atoms with van der Waals surface area (Å²) in [4.78, 5) is 24.4. The zero-order valence-electron chi connectivity index (χ0n) is 17.1. The van der Waals surface area contributed by atoms with Gasteiger partial charge in [0.2, 0.25) is 0 Å². The second-order valence-electron chi connectivity index (χ2n) is 6.99. The average molecular weight is 520 g/mol. The lowest BCUT2D eigenvalue weighted by Crippen LogP contribution is -2.21. The van der Waals surface area contributed by atoms with Crippen molar-refractivity contribution in [3.8, 4) is 0 Å². The fraction of sp³-hybridized carbons (Fsp3) is 0.0909. The van der Waals surface area contributed by atoms with Gasteiger partial charge in [0.25, 0.3) is 5.91 Å². The molecule has 0 saturated carbocycles. The van der Waals surface area contributed by atoms with E-state index in [9.17, 15) is 40.3 Å². The summed E-state index contributed by atoms with van der Waals surface area (Å²) in [5, 5.41) is 6.09. The van der Waals surface area contributed by atoms with Gasteiger partial charge >= 0.3 is 18.4 Å². The van der Waals surface area contributed by atoms with Crippen LogP contribution in [0.1, 0.15) is 21.5 Å². The van der Waals surface area contributed by atoms with Crippen molar-refractivity contribution in [1.82, 2.24) is 0 Å². The molecule has 184 valence electrons. The summed E-state index contributed by atoms with van der Waals surface area (Å²) in [5.41, 5.74) is -4.36. The van der Waals surface area contributed by atoms with Crippen molar-refractivity contribution in [3.05, 3.63) is 88.2 Å². The maximum absolute atomic E-state index is 13.9. The molecule has 0 fully saturated rings. The van der Waals surface area contributed by atoms with Crippen LogP contribution in [-0.2, 0) is 12.4 Å². The van der Waals surface area contributed by atoms with Gasteiger partial charge in [0.1, 0.15) is 5.82 Å². The Morgan fingerprint density at radius 2 is 1.40 bits per heavy atom. The number of carbonyl (C=O) groups excluding carboxylic acids is 2. The van der Waals surface area contributed by atoms with Crippen molar-refractivity contribution < 1.29 is 40.3 Å². The van der Waals surface area contributed by atoms with Gasteiger partial charge in [-0.15, -0.1) is 0 Å². The van der Waals surface area contributed by atoms with Crippen LogP contribution in [0.2, 0.25) is 5.02 Å². The molecule has 0 saturated heterocycles. The number of amides is 3. The molecule has 5 nitrogen and oxygen atoms in total. The normalized spacial score (nSPS) is 11.7. The van der Waals surface area contributed by atoms with Gasteiger partial charge in [-0.25, -0.2) is 9.18 Å². The third kappa shape index (κ3) is 6.63. The van der Waals surface area contributed by atoms with Crippen molar-refractivity contribution in [2.45, 2.75) is 12.4 Å². The lowest BCUT2D eigenvalue weighted by atomic mass is 10.1. The van der Waals surface area contributed by atoms with Gasteiger partial charge in [-0.05, 0) is 54.6 Å². The van der Waals surface area contributed by atoms with Crippen molar-refractivity contribution in [1.29, 1.82) is 0 Å². The molecule has 3 aromatic carbocycles. The number of alkyl halides is 6. The molecule has 0 spiro atoms. The highest BCUT2D eigenvalue weighted by molar-refractivity contribution is 6.31. The van der Waals surface area contributed by atoms with Gasteiger partial charge in [0.05, 0.1) is 22.4 Å². The number of carbonyl (C=O) groups is 2. The third-order valence-corrected chi connectivity index (χ3v) is 4.69. The van der Waals surface area contributed by atoms with Gasteiger partial charge in [0, 0.05) is 16.4 Å². The van der Waals surface area contributed by atoms with E-state index in [1.165, 1.54) is 0 Å². The molecule has 35 heavy (non-hydrogen) atoms. The minimum Gasteiger partial charge on any atom is -0.321 e. The van der Waals surface area contributed by atoms with Crippen LogP contribution in [0, 0.1) is 5.82 Å². The first kappa shape index (κ1) is 25.8. The van der Waals surface area contributed by atoms with E-state index in [2.05, 4.69) is 10.6 Å². The number of hydrogen-bond acceptors (Lipinski definition) is 2. The zero-order chi connectivity index (χ0) is 26.0. The molecule has 0 heterocycles. The first-order chi connectivity index (χ1) is 16.2. The second-order valence-corrected chi connectivity index (χ2v) is 7.43. The predicted octanol–water partition coefficient (Wildman–Crippen LogP) is 7.41. The molecule has 0 radical (unpaired) electrons.